The van der Waals surface area contributed by atoms with Crippen molar-refractivity contribution in [2.24, 2.45) is 0 Å². The van der Waals surface area contributed by atoms with Gasteiger partial charge >= 0.3 is 5.97 Å². The zero-order chi connectivity index (χ0) is 14.0. The van der Waals surface area contributed by atoms with E-state index in [1.807, 2.05) is 6.07 Å². The van der Waals surface area contributed by atoms with Crippen LogP contribution in [0.25, 0.3) is 0 Å². The molecule has 7 heteroatoms. The fraction of sp³-hybridized carbons (Fsp3) is 0.333. The average Bonchev–Trinajstić information content (AvgIpc) is 2.82. The van der Waals surface area contributed by atoms with Gasteiger partial charge in [0.15, 0.2) is 5.54 Å². The Morgan fingerprint density at radius 1 is 1.47 bits per heavy atom. The van der Waals surface area contributed by atoms with Gasteiger partial charge in [-0.1, -0.05) is 0 Å². The summed E-state index contributed by atoms with van der Waals surface area (Å²) in [4.78, 5) is 23.6. The third-order valence-electron chi connectivity index (χ3n) is 2.96. The van der Waals surface area contributed by atoms with Crippen LogP contribution in [-0.4, -0.2) is 35.7 Å². The number of carbonyl (C=O) groups is 2. The van der Waals surface area contributed by atoms with Gasteiger partial charge in [0, 0.05) is 21.1 Å². The van der Waals surface area contributed by atoms with Crippen molar-refractivity contribution in [3.63, 3.8) is 0 Å². The molecule has 1 aromatic carbocycles. The van der Waals surface area contributed by atoms with E-state index in [0.29, 0.717) is 16.6 Å². The summed E-state index contributed by atoms with van der Waals surface area (Å²) < 4.78 is 6.63. The highest BCUT2D eigenvalue weighted by molar-refractivity contribution is 14.1. The van der Waals surface area contributed by atoms with Crippen LogP contribution in [0, 0.1) is 3.57 Å². The zero-order valence-electron chi connectivity index (χ0n) is 9.78. The Bertz CT molecular complexity index is 528. The lowest BCUT2D eigenvalue weighted by molar-refractivity contribution is -0.144. The van der Waals surface area contributed by atoms with Crippen LogP contribution >= 0.6 is 38.5 Å². The third kappa shape index (κ3) is 3.09. The Morgan fingerprint density at radius 2 is 2.21 bits per heavy atom. The van der Waals surface area contributed by atoms with Crippen molar-refractivity contribution >= 4 is 50.4 Å². The van der Waals surface area contributed by atoms with Gasteiger partial charge in [0.1, 0.15) is 0 Å². The van der Waals surface area contributed by atoms with Crippen molar-refractivity contribution in [2.45, 2.75) is 12.0 Å². The van der Waals surface area contributed by atoms with Crippen molar-refractivity contribution in [2.75, 3.05) is 13.2 Å². The topological polar surface area (TPSA) is 75.6 Å². The van der Waals surface area contributed by atoms with Crippen LogP contribution in [0.3, 0.4) is 0 Å². The van der Waals surface area contributed by atoms with Gasteiger partial charge in [-0.3, -0.25) is 4.79 Å². The van der Waals surface area contributed by atoms with E-state index in [1.54, 1.807) is 12.1 Å². The molecule has 0 aliphatic carbocycles. The van der Waals surface area contributed by atoms with Crippen LogP contribution in [0.1, 0.15) is 16.8 Å². The highest BCUT2D eigenvalue weighted by Gasteiger charge is 2.44. The average molecular weight is 440 g/mol. The predicted molar refractivity (Wildman–Crippen MR) is 80.1 cm³/mol. The van der Waals surface area contributed by atoms with Gasteiger partial charge in [-0.2, -0.15) is 0 Å². The minimum absolute atomic E-state index is 0.00435. The van der Waals surface area contributed by atoms with E-state index >= 15 is 0 Å². The number of rotatable bonds is 3. The Morgan fingerprint density at radius 3 is 2.79 bits per heavy atom. The van der Waals surface area contributed by atoms with Crippen LogP contribution in [0.15, 0.2) is 22.7 Å². The van der Waals surface area contributed by atoms with Crippen LogP contribution < -0.4 is 5.32 Å². The van der Waals surface area contributed by atoms with E-state index in [4.69, 9.17) is 4.74 Å². The van der Waals surface area contributed by atoms with Crippen LogP contribution in [0.4, 0.5) is 0 Å². The Kier molecular flexibility index (Phi) is 4.46. The standard InChI is InChI=1S/C12H11BrINO4/c13-9-2-1-7(14)5-8(9)10(16)15-12(11(17)18)3-4-19-6-12/h1-2,5H,3-4,6H2,(H,15,16)(H,17,18). The highest BCUT2D eigenvalue weighted by atomic mass is 127. The first-order chi connectivity index (χ1) is 8.94. The van der Waals surface area contributed by atoms with Gasteiger partial charge in [-0.25, -0.2) is 4.79 Å². The SMILES string of the molecule is O=C(NC1(C(=O)O)CCOC1)c1cc(I)ccc1Br. The number of ether oxygens (including phenoxy) is 1. The molecule has 0 radical (unpaired) electrons. The summed E-state index contributed by atoms with van der Waals surface area (Å²) in [5, 5.41) is 11.9. The molecule has 1 fully saturated rings. The molecule has 0 saturated carbocycles. The molecule has 102 valence electrons. The number of nitrogens with one attached hydrogen (secondary N) is 1. The molecular weight excluding hydrogens is 429 g/mol. The molecule has 0 aromatic heterocycles. The van der Waals surface area contributed by atoms with E-state index in [9.17, 15) is 14.7 Å². The molecule has 1 saturated heterocycles. The second kappa shape index (κ2) is 5.76. The van der Waals surface area contributed by atoms with Gasteiger partial charge in [0.25, 0.3) is 5.91 Å². The van der Waals surface area contributed by atoms with Gasteiger partial charge in [0.2, 0.25) is 0 Å². The number of carbonyl (C=O) groups excluding carboxylic acids is 1. The molecule has 1 atom stereocenters. The van der Waals surface area contributed by atoms with Crippen LogP contribution in [-0.2, 0) is 9.53 Å². The first-order valence-electron chi connectivity index (χ1n) is 5.53. The first kappa shape index (κ1) is 14.7. The van der Waals surface area contributed by atoms with Gasteiger partial charge in [-0.05, 0) is 56.7 Å². The van der Waals surface area contributed by atoms with Crippen molar-refractivity contribution in [3.05, 3.63) is 31.8 Å². The molecular formula is C12H11BrINO4. The first-order valence-corrected chi connectivity index (χ1v) is 7.40. The normalized spacial score (nSPS) is 22.2. The second-order valence-electron chi connectivity index (χ2n) is 4.27. The lowest BCUT2D eigenvalue weighted by Gasteiger charge is -2.24. The maximum Gasteiger partial charge on any atom is 0.331 e. The van der Waals surface area contributed by atoms with Gasteiger partial charge in [-0.15, -0.1) is 0 Å². The Balaban J connectivity index is 2.25. The summed E-state index contributed by atoms with van der Waals surface area (Å²) in [6.07, 6.45) is 0.273. The molecule has 0 bridgehead atoms. The summed E-state index contributed by atoms with van der Waals surface area (Å²) in [6.45, 7) is 0.329. The molecule has 19 heavy (non-hydrogen) atoms. The lowest BCUT2D eigenvalue weighted by atomic mass is 9.98. The molecule has 1 amide bonds. The number of halogens is 2. The highest BCUT2D eigenvalue weighted by Crippen LogP contribution is 2.23. The molecule has 0 spiro atoms. The number of aliphatic carboxylic acids is 1. The zero-order valence-corrected chi connectivity index (χ0v) is 13.5. The fourth-order valence-corrected chi connectivity index (χ4v) is 2.76. The monoisotopic (exact) mass is 439 g/mol. The molecule has 1 unspecified atom stereocenters. The largest absolute Gasteiger partial charge is 0.479 e. The third-order valence-corrected chi connectivity index (χ3v) is 4.32. The van der Waals surface area contributed by atoms with Gasteiger partial charge < -0.3 is 15.2 Å². The van der Waals surface area contributed by atoms with E-state index in [1.165, 1.54) is 0 Å². The number of hydrogen-bond donors (Lipinski definition) is 2. The lowest BCUT2D eigenvalue weighted by Crippen LogP contribution is -2.55. The molecule has 5 nitrogen and oxygen atoms in total. The summed E-state index contributed by atoms with van der Waals surface area (Å²) in [6, 6.07) is 5.31. The van der Waals surface area contributed by atoms with E-state index < -0.39 is 17.4 Å². The van der Waals surface area contributed by atoms with Crippen molar-refractivity contribution in [1.82, 2.24) is 5.32 Å². The Hall–Kier alpha value is -0.670. The molecule has 1 aromatic rings. The van der Waals surface area contributed by atoms with Crippen molar-refractivity contribution in [3.8, 4) is 0 Å². The molecule has 2 N–H and O–H groups in total. The molecule has 2 rings (SSSR count). The molecule has 1 aliphatic rings. The van der Waals surface area contributed by atoms with Crippen LogP contribution in [0.5, 0.6) is 0 Å². The summed E-state index contributed by atoms with van der Waals surface area (Å²) in [5.41, 5.74) is -0.905. The fourth-order valence-electron chi connectivity index (χ4n) is 1.84. The molecule has 1 aliphatic heterocycles. The number of hydrogen-bond acceptors (Lipinski definition) is 3. The summed E-state index contributed by atoms with van der Waals surface area (Å²) >= 11 is 5.39. The van der Waals surface area contributed by atoms with Crippen molar-refractivity contribution in [1.29, 1.82) is 0 Å². The second-order valence-corrected chi connectivity index (χ2v) is 6.37. The summed E-state index contributed by atoms with van der Waals surface area (Å²) in [7, 11) is 0. The maximum absolute atomic E-state index is 12.2. The quantitative estimate of drug-likeness (QED) is 0.706. The number of amides is 1. The minimum atomic E-state index is -1.32. The minimum Gasteiger partial charge on any atom is -0.479 e. The van der Waals surface area contributed by atoms with E-state index in [2.05, 4.69) is 43.8 Å². The number of carboxylic acid groups (broad SMARTS) is 1. The van der Waals surface area contributed by atoms with E-state index in [0.717, 1.165) is 3.57 Å². The summed E-state index contributed by atoms with van der Waals surface area (Å²) in [5.74, 6) is -1.49. The van der Waals surface area contributed by atoms with Crippen LogP contribution in [0.2, 0.25) is 0 Å². The van der Waals surface area contributed by atoms with Crippen molar-refractivity contribution < 1.29 is 19.4 Å². The number of carboxylic acids is 1. The van der Waals surface area contributed by atoms with Gasteiger partial charge in [0.05, 0.1) is 12.2 Å². The molecule has 1 heterocycles. The van der Waals surface area contributed by atoms with E-state index in [-0.39, 0.29) is 13.0 Å². The predicted octanol–water partition coefficient (Wildman–Crippen LogP) is 2.03. The smallest absolute Gasteiger partial charge is 0.331 e. The number of benzene rings is 1. The Labute approximate surface area is 132 Å². The maximum atomic E-state index is 12.2.